The highest BCUT2D eigenvalue weighted by Gasteiger charge is 2.20. The first-order chi connectivity index (χ1) is 14.6. The molecule has 0 aliphatic heterocycles. The Morgan fingerprint density at radius 1 is 0.867 bits per heavy atom. The molecule has 0 fully saturated rings. The van der Waals surface area contributed by atoms with Gasteiger partial charge in [0.2, 0.25) is 5.91 Å². The van der Waals surface area contributed by atoms with Crippen molar-refractivity contribution in [2.45, 2.75) is 25.5 Å². The Bertz CT molecular complexity index is 961. The molecular weight excluding hydrogens is 380 g/mol. The fourth-order valence-electron chi connectivity index (χ4n) is 2.91. The van der Waals surface area contributed by atoms with E-state index in [1.807, 2.05) is 66.7 Å². The van der Waals surface area contributed by atoms with Gasteiger partial charge in [-0.05, 0) is 36.2 Å². The van der Waals surface area contributed by atoms with Crippen LogP contribution >= 0.6 is 0 Å². The van der Waals surface area contributed by atoms with Crippen LogP contribution in [0.1, 0.15) is 18.4 Å². The number of ether oxygens (including phenoxy) is 1. The van der Waals surface area contributed by atoms with Crippen LogP contribution in [0.4, 0.5) is 11.4 Å². The molecule has 1 amide bonds. The lowest BCUT2D eigenvalue weighted by Gasteiger charge is -2.19. The third-order valence-corrected chi connectivity index (χ3v) is 4.43. The number of nitrogens with one attached hydrogen (secondary N) is 2. The third kappa shape index (κ3) is 6.67. The van der Waals surface area contributed by atoms with E-state index in [0.717, 1.165) is 5.56 Å². The zero-order valence-corrected chi connectivity index (χ0v) is 16.5. The molecule has 0 heterocycles. The number of benzene rings is 3. The molecule has 6 nitrogen and oxygen atoms in total. The first kappa shape index (κ1) is 20.9. The summed E-state index contributed by atoms with van der Waals surface area (Å²) in [7, 11) is 0. The molecule has 3 rings (SSSR count). The summed E-state index contributed by atoms with van der Waals surface area (Å²) in [4.78, 5) is 23.8. The molecule has 30 heavy (non-hydrogen) atoms. The molecular formula is C24H24N2O4. The fraction of sp³-hybridized carbons (Fsp3) is 0.167. The second-order valence-electron chi connectivity index (χ2n) is 6.79. The number of hydrogen-bond acceptors (Lipinski definition) is 4. The summed E-state index contributed by atoms with van der Waals surface area (Å²) in [6.45, 7) is 0.432. The molecule has 3 N–H and O–H groups in total. The monoisotopic (exact) mass is 404 g/mol. The van der Waals surface area contributed by atoms with E-state index in [4.69, 9.17) is 9.84 Å². The van der Waals surface area contributed by atoms with Crippen molar-refractivity contribution in [3.05, 3.63) is 90.5 Å². The van der Waals surface area contributed by atoms with Gasteiger partial charge in [-0.25, -0.2) is 0 Å². The quantitative estimate of drug-likeness (QED) is 0.461. The number of carbonyl (C=O) groups excluding carboxylic acids is 1. The molecule has 6 heteroatoms. The minimum Gasteiger partial charge on any atom is -0.489 e. The van der Waals surface area contributed by atoms with E-state index in [9.17, 15) is 9.59 Å². The van der Waals surface area contributed by atoms with Gasteiger partial charge >= 0.3 is 5.97 Å². The topological polar surface area (TPSA) is 87.7 Å². The number of hydrogen-bond donors (Lipinski definition) is 3. The molecule has 1 atom stereocenters. The normalized spacial score (nSPS) is 11.3. The van der Waals surface area contributed by atoms with Crippen molar-refractivity contribution < 1.29 is 19.4 Å². The lowest BCUT2D eigenvalue weighted by atomic mass is 10.1. The maximum atomic E-state index is 12.7. The van der Waals surface area contributed by atoms with E-state index in [1.165, 1.54) is 0 Å². The van der Waals surface area contributed by atoms with Crippen LogP contribution in [-0.2, 0) is 16.2 Å². The van der Waals surface area contributed by atoms with Gasteiger partial charge in [0.05, 0.1) is 0 Å². The molecule has 3 aromatic carbocycles. The van der Waals surface area contributed by atoms with Gasteiger partial charge in [-0.2, -0.15) is 0 Å². The number of carboxylic acids is 1. The van der Waals surface area contributed by atoms with E-state index in [1.54, 1.807) is 18.2 Å². The zero-order valence-electron chi connectivity index (χ0n) is 16.5. The van der Waals surface area contributed by atoms with Crippen molar-refractivity contribution in [1.29, 1.82) is 0 Å². The SMILES string of the molecule is O=C(O)CCC(Nc1cccc(OCc2ccccc2)c1)C(=O)Nc1ccccc1. The van der Waals surface area contributed by atoms with Crippen LogP contribution < -0.4 is 15.4 Å². The second-order valence-corrected chi connectivity index (χ2v) is 6.79. The van der Waals surface area contributed by atoms with Gasteiger partial charge in [-0.15, -0.1) is 0 Å². The van der Waals surface area contributed by atoms with Crippen molar-refractivity contribution in [1.82, 2.24) is 0 Å². The van der Waals surface area contributed by atoms with Gasteiger partial charge in [0.15, 0.2) is 0 Å². The summed E-state index contributed by atoms with van der Waals surface area (Å²) >= 11 is 0. The van der Waals surface area contributed by atoms with Crippen LogP contribution in [0, 0.1) is 0 Å². The van der Waals surface area contributed by atoms with E-state index >= 15 is 0 Å². The molecule has 0 aliphatic carbocycles. The number of aliphatic carboxylic acids is 1. The standard InChI is InChI=1S/C24H24N2O4/c27-23(28)15-14-22(24(29)26-19-10-5-2-6-11-19)25-20-12-7-13-21(16-20)30-17-18-8-3-1-4-9-18/h1-13,16,22,25H,14-15,17H2,(H,26,29)(H,27,28). The molecule has 3 aromatic rings. The molecule has 0 saturated carbocycles. The van der Waals surface area contributed by atoms with Gasteiger partial charge in [0.25, 0.3) is 0 Å². The molecule has 154 valence electrons. The molecule has 0 saturated heterocycles. The Morgan fingerprint density at radius 2 is 1.53 bits per heavy atom. The van der Waals surface area contributed by atoms with E-state index in [0.29, 0.717) is 23.7 Å². The third-order valence-electron chi connectivity index (χ3n) is 4.43. The van der Waals surface area contributed by atoms with E-state index in [2.05, 4.69) is 10.6 Å². The summed E-state index contributed by atoms with van der Waals surface area (Å²) in [6, 6.07) is 25.5. The smallest absolute Gasteiger partial charge is 0.303 e. The number of rotatable bonds is 10. The molecule has 0 bridgehead atoms. The number of carbonyl (C=O) groups is 2. The van der Waals surface area contributed by atoms with Gasteiger partial charge in [0.1, 0.15) is 18.4 Å². The summed E-state index contributed by atoms with van der Waals surface area (Å²) < 4.78 is 5.83. The lowest BCUT2D eigenvalue weighted by molar-refractivity contribution is -0.137. The number of anilines is 2. The van der Waals surface area contributed by atoms with Crippen molar-refractivity contribution in [3.63, 3.8) is 0 Å². The molecule has 0 aromatic heterocycles. The Balaban J connectivity index is 1.66. The molecule has 0 radical (unpaired) electrons. The lowest BCUT2D eigenvalue weighted by Crippen LogP contribution is -2.35. The van der Waals surface area contributed by atoms with Crippen LogP contribution in [0.5, 0.6) is 5.75 Å². The number of carboxylic acid groups (broad SMARTS) is 1. The largest absolute Gasteiger partial charge is 0.489 e. The van der Waals surface area contributed by atoms with Crippen LogP contribution in [0.3, 0.4) is 0 Å². The predicted molar refractivity (Wildman–Crippen MR) is 117 cm³/mol. The summed E-state index contributed by atoms with van der Waals surface area (Å²) in [5.41, 5.74) is 2.39. The molecule has 1 unspecified atom stereocenters. The Morgan fingerprint density at radius 3 is 2.23 bits per heavy atom. The minimum atomic E-state index is -0.950. The predicted octanol–water partition coefficient (Wildman–Crippen LogP) is 4.55. The first-order valence-electron chi connectivity index (χ1n) is 9.71. The summed E-state index contributed by atoms with van der Waals surface area (Å²) in [6.07, 6.45) is 0.0349. The second kappa shape index (κ2) is 10.7. The number of para-hydroxylation sites is 1. The van der Waals surface area contributed by atoms with Gasteiger partial charge < -0.3 is 20.5 Å². The van der Waals surface area contributed by atoms with Crippen molar-refractivity contribution in [2.75, 3.05) is 10.6 Å². The van der Waals surface area contributed by atoms with Crippen LogP contribution in [0.25, 0.3) is 0 Å². The Labute approximate surface area is 175 Å². The zero-order chi connectivity index (χ0) is 21.2. The maximum absolute atomic E-state index is 12.7. The molecule has 0 spiro atoms. The van der Waals surface area contributed by atoms with Crippen molar-refractivity contribution in [2.24, 2.45) is 0 Å². The van der Waals surface area contributed by atoms with Gasteiger partial charge in [0, 0.05) is 23.9 Å². The van der Waals surface area contributed by atoms with Crippen molar-refractivity contribution in [3.8, 4) is 5.75 Å². The van der Waals surface area contributed by atoms with E-state index in [-0.39, 0.29) is 18.7 Å². The van der Waals surface area contributed by atoms with Gasteiger partial charge in [-0.3, -0.25) is 9.59 Å². The highest BCUT2D eigenvalue weighted by Crippen LogP contribution is 2.21. The highest BCUT2D eigenvalue weighted by atomic mass is 16.5. The highest BCUT2D eigenvalue weighted by molar-refractivity contribution is 5.96. The average molecular weight is 404 g/mol. The first-order valence-corrected chi connectivity index (χ1v) is 9.71. The summed E-state index contributed by atoms with van der Waals surface area (Å²) in [5.74, 6) is -0.586. The maximum Gasteiger partial charge on any atom is 0.303 e. The average Bonchev–Trinajstić information content (AvgIpc) is 2.77. The summed E-state index contributed by atoms with van der Waals surface area (Å²) in [5, 5.41) is 15.0. The van der Waals surface area contributed by atoms with E-state index < -0.39 is 12.0 Å². The molecule has 0 aliphatic rings. The van der Waals surface area contributed by atoms with Crippen LogP contribution in [0.15, 0.2) is 84.9 Å². The van der Waals surface area contributed by atoms with Gasteiger partial charge in [-0.1, -0.05) is 54.6 Å². The fourth-order valence-corrected chi connectivity index (χ4v) is 2.91. The Kier molecular flexibility index (Phi) is 7.44. The number of amides is 1. The minimum absolute atomic E-state index is 0.121. The van der Waals surface area contributed by atoms with Crippen LogP contribution in [-0.4, -0.2) is 23.0 Å². The van der Waals surface area contributed by atoms with Crippen molar-refractivity contribution >= 4 is 23.3 Å². The van der Waals surface area contributed by atoms with Crippen LogP contribution in [0.2, 0.25) is 0 Å². The Hall–Kier alpha value is -3.80.